The molecule has 1 heterocycles. The van der Waals surface area contributed by atoms with Gasteiger partial charge in [-0.25, -0.2) is 12.7 Å². The topological polar surface area (TPSA) is 83.0 Å². The quantitative estimate of drug-likeness (QED) is 0.201. The monoisotopic (exact) mass is 516 g/mol. The molecule has 0 spiro atoms. The number of guanidine groups is 1. The number of nitrogens with zero attached hydrogens (tertiary/aromatic N) is 2. The normalized spacial score (nSPS) is 21.8. The van der Waals surface area contributed by atoms with Crippen molar-refractivity contribution in [2.24, 2.45) is 10.4 Å². The van der Waals surface area contributed by atoms with E-state index in [9.17, 15) is 8.42 Å². The third-order valence-electron chi connectivity index (χ3n) is 5.42. The lowest BCUT2D eigenvalue weighted by molar-refractivity contribution is 0.107. The van der Waals surface area contributed by atoms with Gasteiger partial charge in [0, 0.05) is 45.9 Å². The van der Waals surface area contributed by atoms with Crippen LogP contribution in [0.2, 0.25) is 0 Å². The van der Waals surface area contributed by atoms with E-state index in [4.69, 9.17) is 9.73 Å². The number of hydrogen-bond acceptors (Lipinski definition) is 4. The molecule has 0 amide bonds. The molecule has 0 aromatic rings. The second-order valence-corrected chi connectivity index (χ2v) is 9.43. The second kappa shape index (κ2) is 12.4. The van der Waals surface area contributed by atoms with Crippen molar-refractivity contribution in [3.8, 4) is 0 Å². The van der Waals surface area contributed by atoms with Gasteiger partial charge in [0.25, 0.3) is 0 Å². The van der Waals surface area contributed by atoms with Crippen molar-refractivity contribution in [1.82, 2.24) is 14.9 Å². The van der Waals surface area contributed by atoms with Gasteiger partial charge in [0.05, 0.1) is 5.75 Å². The third-order valence-corrected chi connectivity index (χ3v) is 7.38. The van der Waals surface area contributed by atoms with Gasteiger partial charge in [-0.3, -0.25) is 4.99 Å². The standard InChI is InChI=1S/C18H36N4O3S.HI/c1-3-19-17(20-11-13-22-12-7-15-26(22,23)24)21-16-18(8-5-6-9-18)10-14-25-4-2;/h3-16H2,1-2H3,(H2,19,20,21);1H. The van der Waals surface area contributed by atoms with E-state index in [-0.39, 0.29) is 35.1 Å². The molecule has 1 saturated heterocycles. The molecule has 27 heavy (non-hydrogen) atoms. The van der Waals surface area contributed by atoms with Crippen LogP contribution >= 0.6 is 24.0 Å². The zero-order chi connectivity index (χ0) is 18.9. The molecule has 0 unspecified atom stereocenters. The summed E-state index contributed by atoms with van der Waals surface area (Å²) in [6, 6.07) is 0. The number of hydrogen-bond donors (Lipinski definition) is 2. The molecule has 0 atom stereocenters. The average molecular weight is 516 g/mol. The molecule has 0 aromatic heterocycles. The van der Waals surface area contributed by atoms with Crippen molar-refractivity contribution in [1.29, 1.82) is 0 Å². The Bertz CT molecular complexity index is 551. The maximum Gasteiger partial charge on any atom is 0.214 e. The van der Waals surface area contributed by atoms with Crippen molar-refractivity contribution in [2.45, 2.75) is 52.4 Å². The van der Waals surface area contributed by atoms with Crippen LogP contribution in [0.25, 0.3) is 0 Å². The summed E-state index contributed by atoms with van der Waals surface area (Å²) in [6.45, 7) is 8.97. The van der Waals surface area contributed by atoms with E-state index in [1.165, 1.54) is 25.7 Å². The van der Waals surface area contributed by atoms with Crippen molar-refractivity contribution in [2.75, 3.05) is 51.7 Å². The predicted octanol–water partition coefficient (Wildman–Crippen LogP) is 2.18. The number of nitrogens with one attached hydrogen (secondary N) is 2. The molecule has 1 aliphatic heterocycles. The van der Waals surface area contributed by atoms with Gasteiger partial charge in [-0.2, -0.15) is 0 Å². The molecular weight excluding hydrogens is 479 g/mol. The summed E-state index contributed by atoms with van der Waals surface area (Å²) in [7, 11) is -3.03. The molecule has 2 aliphatic rings. The Labute approximate surface area is 182 Å². The number of rotatable bonds is 10. The van der Waals surface area contributed by atoms with Gasteiger partial charge in [0.15, 0.2) is 5.96 Å². The number of aliphatic imine (C=N–C) groups is 1. The molecule has 2 rings (SSSR count). The van der Waals surface area contributed by atoms with Crippen molar-refractivity contribution >= 4 is 40.0 Å². The van der Waals surface area contributed by atoms with Crippen LogP contribution in [0.5, 0.6) is 0 Å². The lowest BCUT2D eigenvalue weighted by atomic mass is 9.83. The highest BCUT2D eigenvalue weighted by Gasteiger charge is 2.33. The summed E-state index contributed by atoms with van der Waals surface area (Å²) in [6.07, 6.45) is 6.79. The molecule has 0 radical (unpaired) electrons. The molecular formula is C18H37IN4O3S. The van der Waals surface area contributed by atoms with Gasteiger partial charge in [0.1, 0.15) is 0 Å². The number of halogens is 1. The SMILES string of the molecule is CCNC(=NCC1(CCOCC)CCCC1)NCCN1CCCS1(=O)=O.I. The second-order valence-electron chi connectivity index (χ2n) is 7.34. The Balaban J connectivity index is 0.00000364. The van der Waals surface area contributed by atoms with Crippen LogP contribution in [0.15, 0.2) is 4.99 Å². The molecule has 2 fully saturated rings. The first kappa shape index (κ1) is 24.9. The van der Waals surface area contributed by atoms with Crippen LogP contribution in [0, 0.1) is 5.41 Å². The molecule has 9 heteroatoms. The summed E-state index contributed by atoms with van der Waals surface area (Å²) in [5, 5.41) is 6.57. The van der Waals surface area contributed by atoms with E-state index in [1.807, 2.05) is 13.8 Å². The minimum Gasteiger partial charge on any atom is -0.382 e. The van der Waals surface area contributed by atoms with E-state index in [0.717, 1.165) is 45.1 Å². The highest BCUT2D eigenvalue weighted by molar-refractivity contribution is 14.0. The number of ether oxygens (including phenoxy) is 1. The van der Waals surface area contributed by atoms with Crippen LogP contribution in [0.3, 0.4) is 0 Å². The lowest BCUT2D eigenvalue weighted by Gasteiger charge is -2.27. The molecule has 1 saturated carbocycles. The first-order valence-electron chi connectivity index (χ1n) is 10.1. The van der Waals surface area contributed by atoms with Crippen molar-refractivity contribution in [3.05, 3.63) is 0 Å². The Morgan fingerprint density at radius 1 is 1.19 bits per heavy atom. The Hall–Kier alpha value is -0.130. The third kappa shape index (κ3) is 8.02. The highest BCUT2D eigenvalue weighted by Crippen LogP contribution is 2.41. The summed E-state index contributed by atoms with van der Waals surface area (Å²) in [4.78, 5) is 4.82. The first-order chi connectivity index (χ1) is 12.5. The highest BCUT2D eigenvalue weighted by atomic mass is 127. The minimum absolute atomic E-state index is 0. The van der Waals surface area contributed by atoms with E-state index in [0.29, 0.717) is 19.6 Å². The van der Waals surface area contributed by atoms with E-state index in [1.54, 1.807) is 4.31 Å². The Morgan fingerprint density at radius 2 is 1.93 bits per heavy atom. The van der Waals surface area contributed by atoms with E-state index >= 15 is 0 Å². The molecule has 7 nitrogen and oxygen atoms in total. The molecule has 0 aromatic carbocycles. The predicted molar refractivity (Wildman–Crippen MR) is 121 cm³/mol. The maximum absolute atomic E-state index is 11.9. The maximum atomic E-state index is 11.9. The van der Waals surface area contributed by atoms with Crippen LogP contribution in [0.1, 0.15) is 52.4 Å². The fourth-order valence-electron chi connectivity index (χ4n) is 3.88. The summed E-state index contributed by atoms with van der Waals surface area (Å²) < 4.78 is 30.9. The van der Waals surface area contributed by atoms with Gasteiger partial charge >= 0.3 is 0 Å². The summed E-state index contributed by atoms with van der Waals surface area (Å²) in [5.41, 5.74) is 0.260. The first-order valence-corrected chi connectivity index (χ1v) is 11.7. The van der Waals surface area contributed by atoms with Gasteiger partial charge in [-0.1, -0.05) is 12.8 Å². The summed E-state index contributed by atoms with van der Waals surface area (Å²) in [5.74, 6) is 1.07. The van der Waals surface area contributed by atoms with Crippen LogP contribution < -0.4 is 10.6 Å². The summed E-state index contributed by atoms with van der Waals surface area (Å²) >= 11 is 0. The van der Waals surface area contributed by atoms with E-state index in [2.05, 4.69) is 10.6 Å². The fourth-order valence-corrected chi connectivity index (χ4v) is 5.40. The minimum atomic E-state index is -3.03. The van der Waals surface area contributed by atoms with Crippen LogP contribution in [-0.4, -0.2) is 70.4 Å². The number of sulfonamides is 1. The zero-order valence-corrected chi connectivity index (χ0v) is 20.0. The lowest BCUT2D eigenvalue weighted by Crippen LogP contribution is -2.42. The molecule has 0 bridgehead atoms. The zero-order valence-electron chi connectivity index (χ0n) is 16.8. The fraction of sp³-hybridized carbons (Fsp3) is 0.944. The van der Waals surface area contributed by atoms with Crippen molar-refractivity contribution in [3.63, 3.8) is 0 Å². The average Bonchev–Trinajstić information content (AvgIpc) is 3.20. The van der Waals surface area contributed by atoms with Gasteiger partial charge in [-0.15, -0.1) is 24.0 Å². The Kier molecular flexibility index (Phi) is 11.5. The molecule has 1 aliphatic carbocycles. The van der Waals surface area contributed by atoms with Gasteiger partial charge in [0.2, 0.25) is 10.0 Å². The van der Waals surface area contributed by atoms with Gasteiger partial charge < -0.3 is 15.4 Å². The Morgan fingerprint density at radius 3 is 2.52 bits per heavy atom. The largest absolute Gasteiger partial charge is 0.382 e. The van der Waals surface area contributed by atoms with Gasteiger partial charge in [-0.05, 0) is 44.9 Å². The molecule has 2 N–H and O–H groups in total. The molecule has 160 valence electrons. The van der Waals surface area contributed by atoms with E-state index < -0.39 is 10.0 Å². The van der Waals surface area contributed by atoms with Crippen LogP contribution in [-0.2, 0) is 14.8 Å². The van der Waals surface area contributed by atoms with Crippen LogP contribution in [0.4, 0.5) is 0 Å². The smallest absolute Gasteiger partial charge is 0.214 e. The van der Waals surface area contributed by atoms with Crippen molar-refractivity contribution < 1.29 is 13.2 Å².